The molecule has 9 aromatic rings. The lowest BCUT2D eigenvalue weighted by atomic mass is 9.86. The fourth-order valence-corrected chi connectivity index (χ4v) is 6.92. The Morgan fingerprint density at radius 1 is 0.604 bits per heavy atom. The lowest BCUT2D eigenvalue weighted by Gasteiger charge is -2.19. The van der Waals surface area contributed by atoms with Gasteiger partial charge in [0.15, 0.2) is 0 Å². The van der Waals surface area contributed by atoms with E-state index in [2.05, 4.69) is 122 Å². The van der Waals surface area contributed by atoms with Gasteiger partial charge in [-0.15, -0.1) is 0 Å². The summed E-state index contributed by atoms with van der Waals surface area (Å²) in [5, 5.41) is 5.47. The van der Waals surface area contributed by atoms with Gasteiger partial charge in [0.2, 0.25) is 0 Å². The van der Waals surface area contributed by atoms with Crippen molar-refractivity contribution >= 4 is 49.4 Å². The Kier molecular flexibility index (Phi) is 6.18. The molecule has 6 heteroatoms. The topological polar surface area (TPSA) is 57.2 Å². The van der Waals surface area contributed by atoms with Crippen molar-refractivity contribution in [3.63, 3.8) is 0 Å². The largest absolute Gasteiger partial charge is 0.457 e. The summed E-state index contributed by atoms with van der Waals surface area (Å²) in [6.07, 6.45) is 5.79. The monoisotopic (exact) mass is 623 g/mol. The molecule has 4 aromatic carbocycles. The van der Waals surface area contributed by atoms with Crippen LogP contribution in [0, 0.1) is 6.92 Å². The zero-order valence-corrected chi connectivity index (χ0v) is 27.3. The van der Waals surface area contributed by atoms with Crippen LogP contribution in [0.1, 0.15) is 31.9 Å². The van der Waals surface area contributed by atoms with Crippen LogP contribution in [-0.4, -0.2) is 23.9 Å². The predicted molar refractivity (Wildman–Crippen MR) is 196 cm³/mol. The van der Waals surface area contributed by atoms with Crippen molar-refractivity contribution in [2.24, 2.45) is 0 Å². The molecule has 0 saturated carbocycles. The first-order chi connectivity index (χ1) is 23.3. The highest BCUT2D eigenvalue weighted by Gasteiger charge is 2.19. The van der Waals surface area contributed by atoms with Crippen LogP contribution >= 0.6 is 0 Å². The maximum atomic E-state index is 6.61. The van der Waals surface area contributed by atoms with E-state index in [1.165, 1.54) is 16.5 Å². The maximum Gasteiger partial charge on any atom is 0.147 e. The minimum Gasteiger partial charge on any atom is -0.457 e. The molecule has 9 rings (SSSR count). The van der Waals surface area contributed by atoms with E-state index in [0.717, 1.165) is 72.4 Å². The lowest BCUT2D eigenvalue weighted by molar-refractivity contribution is 0.483. The molecule has 0 radical (unpaired) electrons. The molecule has 0 fully saturated rings. The molecular weight excluding hydrogens is 590 g/mol. The van der Waals surface area contributed by atoms with Crippen LogP contribution < -0.4 is 4.74 Å². The van der Waals surface area contributed by atoms with Crippen molar-refractivity contribution in [3.8, 4) is 28.4 Å². The maximum absolute atomic E-state index is 6.61. The summed E-state index contributed by atoms with van der Waals surface area (Å²) in [4.78, 5) is 14.7. The van der Waals surface area contributed by atoms with E-state index in [1.54, 1.807) is 0 Å². The van der Waals surface area contributed by atoms with Crippen molar-refractivity contribution in [2.45, 2.75) is 33.1 Å². The number of fused-ring (bicyclic) bond motifs is 9. The molecule has 48 heavy (non-hydrogen) atoms. The molecule has 5 aromatic heterocycles. The number of imidazole rings is 1. The summed E-state index contributed by atoms with van der Waals surface area (Å²) < 4.78 is 11.0. The Morgan fingerprint density at radius 3 is 2.17 bits per heavy atom. The van der Waals surface area contributed by atoms with Crippen LogP contribution in [0.4, 0.5) is 0 Å². The summed E-state index contributed by atoms with van der Waals surface area (Å²) in [5.41, 5.74) is 9.28. The number of aromatic nitrogens is 5. The van der Waals surface area contributed by atoms with Gasteiger partial charge < -0.3 is 4.74 Å². The number of hydrogen-bond acceptors (Lipinski definition) is 4. The average molecular weight is 624 g/mol. The summed E-state index contributed by atoms with van der Waals surface area (Å²) in [6.45, 7) is 8.86. The van der Waals surface area contributed by atoms with Crippen LogP contribution in [0.25, 0.3) is 66.3 Å². The highest BCUT2D eigenvalue weighted by Crippen LogP contribution is 2.37. The average Bonchev–Trinajstić information content (AvgIpc) is 3.69. The van der Waals surface area contributed by atoms with Crippen molar-refractivity contribution in [2.75, 3.05) is 0 Å². The van der Waals surface area contributed by atoms with E-state index in [0.29, 0.717) is 0 Å². The molecular formula is C42H33N5O. The van der Waals surface area contributed by atoms with E-state index < -0.39 is 0 Å². The van der Waals surface area contributed by atoms with E-state index in [-0.39, 0.29) is 5.41 Å². The molecule has 0 unspecified atom stereocenters. The normalized spacial score (nSPS) is 12.2. The van der Waals surface area contributed by atoms with Gasteiger partial charge in [-0.2, -0.15) is 0 Å². The molecule has 0 aliphatic heterocycles. The minimum atomic E-state index is 0.0201. The number of ether oxygens (including phenoxy) is 1. The first kappa shape index (κ1) is 28.2. The first-order valence-electron chi connectivity index (χ1n) is 16.3. The fraction of sp³-hybridized carbons (Fsp3) is 0.119. The van der Waals surface area contributed by atoms with Crippen LogP contribution in [0.2, 0.25) is 0 Å². The summed E-state index contributed by atoms with van der Waals surface area (Å²) >= 11 is 0. The molecule has 0 atom stereocenters. The summed E-state index contributed by atoms with van der Waals surface area (Å²) in [5.74, 6) is 1.48. The molecule has 0 saturated heterocycles. The van der Waals surface area contributed by atoms with E-state index in [9.17, 15) is 0 Å². The van der Waals surface area contributed by atoms with Gasteiger partial charge in [-0.3, -0.25) is 8.97 Å². The zero-order chi connectivity index (χ0) is 32.6. The van der Waals surface area contributed by atoms with Gasteiger partial charge >= 0.3 is 0 Å². The van der Waals surface area contributed by atoms with Gasteiger partial charge in [-0.25, -0.2) is 15.0 Å². The second-order valence-electron chi connectivity index (χ2n) is 13.5. The fourth-order valence-electron chi connectivity index (χ4n) is 6.92. The van der Waals surface area contributed by atoms with Crippen molar-refractivity contribution in [1.82, 2.24) is 23.9 Å². The van der Waals surface area contributed by atoms with E-state index in [4.69, 9.17) is 19.7 Å². The number of pyridine rings is 3. The second-order valence-corrected chi connectivity index (χ2v) is 13.5. The molecule has 0 amide bonds. The van der Waals surface area contributed by atoms with Gasteiger partial charge in [-0.1, -0.05) is 63.2 Å². The Morgan fingerprint density at radius 2 is 1.35 bits per heavy atom. The number of rotatable bonds is 4. The molecule has 6 nitrogen and oxygen atoms in total. The van der Waals surface area contributed by atoms with E-state index in [1.807, 2.05) is 42.7 Å². The van der Waals surface area contributed by atoms with Crippen LogP contribution in [0.15, 0.2) is 128 Å². The molecule has 0 aliphatic rings. The Labute approximate surface area is 277 Å². The highest BCUT2D eigenvalue weighted by atomic mass is 16.5. The van der Waals surface area contributed by atoms with Crippen molar-refractivity contribution in [3.05, 3.63) is 139 Å². The Balaban J connectivity index is 1.18. The number of aryl methyl sites for hydroxylation is 1. The Hall–Kier alpha value is -6.01. The smallest absolute Gasteiger partial charge is 0.147 e. The highest BCUT2D eigenvalue weighted by molar-refractivity contribution is 6.11. The minimum absolute atomic E-state index is 0.0201. The molecule has 0 N–H and O–H groups in total. The first-order valence-corrected chi connectivity index (χ1v) is 16.3. The van der Waals surface area contributed by atoms with Crippen LogP contribution in [0.5, 0.6) is 11.5 Å². The van der Waals surface area contributed by atoms with Gasteiger partial charge in [0.25, 0.3) is 0 Å². The summed E-state index contributed by atoms with van der Waals surface area (Å²) in [7, 11) is 0. The van der Waals surface area contributed by atoms with E-state index >= 15 is 0 Å². The number of hydrogen-bond donors (Lipinski definition) is 0. The molecule has 0 bridgehead atoms. The SMILES string of the molecule is Cc1ccccc1-c1cn2c3ncccc3c3ccc(Oc4cccc(-n5c6cc(C(C)(C)C)ccc6c6cccnc65)c4)cc3c2n1. The van der Waals surface area contributed by atoms with Gasteiger partial charge in [0.05, 0.1) is 16.9 Å². The molecule has 0 spiro atoms. The number of benzene rings is 4. The number of nitrogens with zero attached hydrogens (tertiary/aromatic N) is 5. The second kappa shape index (κ2) is 10.5. The molecule has 0 aliphatic carbocycles. The van der Waals surface area contributed by atoms with Gasteiger partial charge in [0.1, 0.15) is 28.4 Å². The van der Waals surface area contributed by atoms with Crippen molar-refractivity contribution < 1.29 is 4.74 Å². The van der Waals surface area contributed by atoms with Crippen molar-refractivity contribution in [1.29, 1.82) is 0 Å². The van der Waals surface area contributed by atoms with Gasteiger partial charge in [0, 0.05) is 51.8 Å². The molecule has 5 heterocycles. The third-order valence-electron chi connectivity index (χ3n) is 9.37. The third kappa shape index (κ3) is 4.44. The van der Waals surface area contributed by atoms with Gasteiger partial charge in [-0.05, 0) is 89.5 Å². The predicted octanol–water partition coefficient (Wildman–Crippen LogP) is 10.6. The van der Waals surface area contributed by atoms with Crippen LogP contribution in [-0.2, 0) is 5.41 Å². The third-order valence-corrected chi connectivity index (χ3v) is 9.37. The summed E-state index contributed by atoms with van der Waals surface area (Å²) in [6, 6.07) is 37.8. The molecule has 232 valence electrons. The van der Waals surface area contributed by atoms with Crippen LogP contribution in [0.3, 0.4) is 0 Å². The quantitative estimate of drug-likeness (QED) is 0.183. The standard InChI is InChI=1S/C42H33N5O/c1-26-10-5-6-13-31(26)37-25-46-39-34(14-8-20-43-39)32-19-17-30(24-36(32)41(46)45-37)48-29-12-7-11-28(23-29)47-38-22-27(42(2,3)4)16-18-33(38)35-15-9-21-44-40(35)47/h5-25H,1-4H3. The zero-order valence-electron chi connectivity index (χ0n) is 27.3. The Bertz CT molecular complexity index is 2710. The lowest BCUT2D eigenvalue weighted by Crippen LogP contribution is -2.10.